The number of nitrogens with one attached hydrogen (secondary N) is 1. The number of allylic oxidation sites excluding steroid dienone is 5. The van der Waals surface area contributed by atoms with E-state index < -0.39 is 26.6 Å². The van der Waals surface area contributed by atoms with Crippen LogP contribution in [0.1, 0.15) is 239 Å². The predicted molar refractivity (Wildman–Crippen MR) is 261 cm³/mol. The Morgan fingerprint density at radius 1 is 0.557 bits per heavy atom. The highest BCUT2D eigenvalue weighted by Gasteiger charge is 2.23. The third kappa shape index (κ3) is 46.5. The van der Waals surface area contributed by atoms with Crippen molar-refractivity contribution in [3.8, 4) is 0 Å². The molecule has 1 amide bonds. The molecule has 3 atom stereocenters. The molecule has 0 bridgehead atoms. The molecule has 61 heavy (non-hydrogen) atoms. The molecule has 0 rings (SSSR count). The summed E-state index contributed by atoms with van der Waals surface area (Å²) in [6.45, 7) is 4.64. The smallest absolute Gasteiger partial charge is 0.268 e. The Kier molecular flexibility index (Phi) is 43.0. The molecule has 8 nitrogen and oxygen atoms in total. The molecule has 0 aromatic rings. The van der Waals surface area contributed by atoms with Crippen molar-refractivity contribution in [3.05, 3.63) is 36.5 Å². The number of hydrogen-bond acceptors (Lipinski definition) is 6. The van der Waals surface area contributed by atoms with E-state index in [1.807, 2.05) is 27.2 Å². The van der Waals surface area contributed by atoms with Gasteiger partial charge in [0.25, 0.3) is 7.82 Å². The van der Waals surface area contributed by atoms with Gasteiger partial charge in [0.2, 0.25) is 5.91 Å². The van der Waals surface area contributed by atoms with Gasteiger partial charge in [-0.05, 0) is 57.8 Å². The first-order chi connectivity index (χ1) is 29.5. The number of amides is 1. The fraction of sp³-hybridized carbons (Fsp3) is 0.865. The summed E-state index contributed by atoms with van der Waals surface area (Å²) in [5, 5.41) is 13.8. The molecule has 0 saturated carbocycles. The maximum atomic E-state index is 12.9. The Bertz CT molecular complexity index is 1090. The molecule has 0 saturated heterocycles. The van der Waals surface area contributed by atoms with Crippen LogP contribution in [0.4, 0.5) is 0 Å². The summed E-state index contributed by atoms with van der Waals surface area (Å²) in [6.07, 6.45) is 54.9. The van der Waals surface area contributed by atoms with Crippen LogP contribution >= 0.6 is 7.82 Å². The molecule has 0 aromatic heterocycles. The monoisotopic (exact) mass is 881 g/mol. The van der Waals surface area contributed by atoms with Crippen LogP contribution in [0.25, 0.3) is 0 Å². The molecule has 0 heterocycles. The number of aliphatic hydroxyl groups is 1. The lowest BCUT2D eigenvalue weighted by Crippen LogP contribution is -2.45. The normalized spacial score (nSPS) is 14.4. The van der Waals surface area contributed by atoms with Crippen molar-refractivity contribution in [1.82, 2.24) is 5.32 Å². The predicted octanol–water partition coefficient (Wildman–Crippen LogP) is 14.4. The number of nitrogens with zero attached hydrogens (tertiary/aromatic N) is 1. The van der Waals surface area contributed by atoms with Crippen LogP contribution in [-0.4, -0.2) is 68.5 Å². The lowest BCUT2D eigenvalue weighted by Gasteiger charge is -2.29. The summed E-state index contributed by atoms with van der Waals surface area (Å²) in [4.78, 5) is 25.4. The van der Waals surface area contributed by atoms with Crippen LogP contribution in [0.15, 0.2) is 36.5 Å². The highest BCUT2D eigenvalue weighted by molar-refractivity contribution is 7.45. The van der Waals surface area contributed by atoms with Crippen molar-refractivity contribution >= 4 is 13.7 Å². The molecular formula is C52H101N2O6P. The number of aliphatic hydroxyl groups excluding tert-OH is 1. The molecule has 2 N–H and O–H groups in total. The van der Waals surface area contributed by atoms with Crippen LogP contribution in [0.3, 0.4) is 0 Å². The number of phosphoric acid groups is 1. The van der Waals surface area contributed by atoms with Crippen molar-refractivity contribution in [2.45, 2.75) is 251 Å². The summed E-state index contributed by atoms with van der Waals surface area (Å²) in [5.41, 5.74) is 0. The first-order valence-corrected chi connectivity index (χ1v) is 27.3. The van der Waals surface area contributed by atoms with Gasteiger partial charge in [-0.25, -0.2) is 0 Å². The second kappa shape index (κ2) is 43.9. The third-order valence-corrected chi connectivity index (χ3v) is 12.5. The highest BCUT2D eigenvalue weighted by Crippen LogP contribution is 2.38. The standard InChI is InChI=1S/C52H101N2O6P/c1-6-8-10-12-14-16-18-20-22-24-26-28-29-31-33-35-37-39-41-43-45-51(55)50(49-60-61(57,58)59-48-47-54(3,4)5)53-52(56)46-44-42-40-38-36-34-32-30-27-25-23-21-19-17-15-13-11-9-7-2/h25,27,35,37,43,45,50-51,55H,6-24,26,28-34,36,38-42,44,46-49H2,1-5H3,(H-,53,56,57,58)/b27-25-,37-35+,45-43+. The summed E-state index contributed by atoms with van der Waals surface area (Å²) >= 11 is 0. The second-order valence-electron chi connectivity index (χ2n) is 18.9. The van der Waals surface area contributed by atoms with E-state index in [1.54, 1.807) is 6.08 Å². The first kappa shape index (κ1) is 59.7. The number of quaternary nitrogens is 1. The lowest BCUT2D eigenvalue weighted by molar-refractivity contribution is -0.870. The van der Waals surface area contributed by atoms with Gasteiger partial charge >= 0.3 is 0 Å². The number of rotatable bonds is 47. The average Bonchev–Trinajstić information content (AvgIpc) is 3.21. The number of phosphoric ester groups is 1. The average molecular weight is 881 g/mol. The SMILES string of the molecule is CCCCCCCCCC/C=C\CCCCCCCCCC(=O)NC(COP(=O)([O-])OCC[N+](C)(C)C)C(O)/C=C/CC/C=C/CCCCCCCCCCCCCCCC. The van der Waals surface area contributed by atoms with Crippen molar-refractivity contribution in [1.29, 1.82) is 0 Å². The maximum Gasteiger partial charge on any atom is 0.268 e. The Morgan fingerprint density at radius 3 is 1.33 bits per heavy atom. The van der Waals surface area contributed by atoms with E-state index in [0.717, 1.165) is 38.5 Å². The Morgan fingerprint density at radius 2 is 0.918 bits per heavy atom. The van der Waals surface area contributed by atoms with Gasteiger partial charge in [0.05, 0.1) is 39.9 Å². The zero-order valence-electron chi connectivity index (χ0n) is 40.9. The zero-order valence-corrected chi connectivity index (χ0v) is 41.8. The molecule has 3 unspecified atom stereocenters. The van der Waals surface area contributed by atoms with Crippen LogP contribution < -0.4 is 10.2 Å². The number of carbonyl (C=O) groups is 1. The minimum absolute atomic E-state index is 0.00682. The fourth-order valence-electron chi connectivity index (χ4n) is 7.46. The van der Waals surface area contributed by atoms with Gasteiger partial charge in [-0.15, -0.1) is 0 Å². The van der Waals surface area contributed by atoms with Gasteiger partial charge in [0.15, 0.2) is 0 Å². The highest BCUT2D eigenvalue weighted by atomic mass is 31.2. The minimum Gasteiger partial charge on any atom is -0.756 e. The quantitative estimate of drug-likeness (QED) is 0.0273. The summed E-state index contributed by atoms with van der Waals surface area (Å²) < 4.78 is 23.3. The molecule has 0 spiro atoms. The largest absolute Gasteiger partial charge is 0.756 e. The number of likely N-dealkylation sites (N-methyl/N-ethyl adjacent to an activating group) is 1. The molecular weight excluding hydrogens is 780 g/mol. The Hall–Kier alpha value is -1.28. The van der Waals surface area contributed by atoms with Crippen molar-refractivity contribution < 1.29 is 32.9 Å². The van der Waals surface area contributed by atoms with E-state index in [9.17, 15) is 19.4 Å². The van der Waals surface area contributed by atoms with Crippen molar-refractivity contribution in [2.75, 3.05) is 40.9 Å². The Labute approximate surface area is 378 Å². The fourth-order valence-corrected chi connectivity index (χ4v) is 8.18. The van der Waals surface area contributed by atoms with Crippen LogP contribution in [0, 0.1) is 0 Å². The van der Waals surface area contributed by atoms with E-state index in [-0.39, 0.29) is 12.5 Å². The van der Waals surface area contributed by atoms with Crippen molar-refractivity contribution in [3.63, 3.8) is 0 Å². The number of carbonyl (C=O) groups excluding carboxylic acids is 1. The van der Waals surface area contributed by atoms with E-state index in [1.165, 1.54) is 180 Å². The van der Waals surface area contributed by atoms with Gasteiger partial charge in [-0.3, -0.25) is 9.36 Å². The van der Waals surface area contributed by atoms with Gasteiger partial charge in [-0.2, -0.15) is 0 Å². The summed E-state index contributed by atoms with van der Waals surface area (Å²) in [6, 6.07) is -0.904. The van der Waals surface area contributed by atoms with E-state index in [2.05, 4.69) is 43.5 Å². The molecule has 0 aliphatic rings. The minimum atomic E-state index is -4.60. The number of hydrogen-bond donors (Lipinski definition) is 2. The van der Waals surface area contributed by atoms with Crippen LogP contribution in [0.2, 0.25) is 0 Å². The number of unbranched alkanes of at least 4 members (excludes halogenated alkanes) is 30. The van der Waals surface area contributed by atoms with E-state index in [4.69, 9.17) is 9.05 Å². The third-order valence-electron chi connectivity index (χ3n) is 11.6. The summed E-state index contributed by atoms with van der Waals surface area (Å²) in [7, 11) is 1.24. The molecule has 9 heteroatoms. The molecule has 0 aromatic carbocycles. The van der Waals surface area contributed by atoms with Gasteiger partial charge < -0.3 is 28.8 Å². The molecule has 0 aliphatic carbocycles. The molecule has 0 fully saturated rings. The topological polar surface area (TPSA) is 108 Å². The molecule has 0 aliphatic heterocycles. The van der Waals surface area contributed by atoms with Gasteiger partial charge in [0, 0.05) is 6.42 Å². The first-order valence-electron chi connectivity index (χ1n) is 25.9. The van der Waals surface area contributed by atoms with Gasteiger partial charge in [-0.1, -0.05) is 211 Å². The van der Waals surface area contributed by atoms with Gasteiger partial charge in [0.1, 0.15) is 13.2 Å². The van der Waals surface area contributed by atoms with Crippen LogP contribution in [0.5, 0.6) is 0 Å². The lowest BCUT2D eigenvalue weighted by atomic mass is 10.0. The maximum absolute atomic E-state index is 12.9. The molecule has 0 radical (unpaired) electrons. The van der Waals surface area contributed by atoms with Crippen molar-refractivity contribution in [2.24, 2.45) is 0 Å². The van der Waals surface area contributed by atoms with Crippen LogP contribution in [-0.2, 0) is 18.4 Å². The molecule has 360 valence electrons. The van der Waals surface area contributed by atoms with E-state index >= 15 is 0 Å². The zero-order chi connectivity index (χ0) is 45.0. The van der Waals surface area contributed by atoms with E-state index in [0.29, 0.717) is 17.4 Å². The summed E-state index contributed by atoms with van der Waals surface area (Å²) in [5.74, 6) is -0.210. The Balaban J connectivity index is 4.36. The second-order valence-corrected chi connectivity index (χ2v) is 20.3.